The van der Waals surface area contributed by atoms with Gasteiger partial charge in [0.25, 0.3) is 0 Å². The summed E-state index contributed by atoms with van der Waals surface area (Å²) in [6.45, 7) is 7.66. The van der Waals surface area contributed by atoms with Gasteiger partial charge in [-0.05, 0) is 40.8 Å². The first kappa shape index (κ1) is 12.3. The number of likely N-dealkylation sites (tertiary alicyclic amines) is 1. The van der Waals surface area contributed by atoms with Gasteiger partial charge >= 0.3 is 6.09 Å². The molecule has 1 amide bonds. The number of hydrogen-bond acceptors (Lipinski definition) is 3. The van der Waals surface area contributed by atoms with Crippen LogP contribution in [0.3, 0.4) is 0 Å². The second-order valence-corrected chi connectivity index (χ2v) is 5.30. The van der Waals surface area contributed by atoms with E-state index >= 15 is 0 Å². The Hall–Kier alpha value is -0.770. The summed E-state index contributed by atoms with van der Waals surface area (Å²) < 4.78 is 5.32. The minimum atomic E-state index is -0.407. The van der Waals surface area contributed by atoms with Gasteiger partial charge in [0.1, 0.15) is 5.60 Å². The molecule has 1 atom stereocenters. The summed E-state index contributed by atoms with van der Waals surface area (Å²) >= 11 is 0. The van der Waals surface area contributed by atoms with Crippen molar-refractivity contribution in [3.05, 3.63) is 0 Å². The standard InChI is InChI=1S/C11H22N2O2/c1-11(2,3)15-10(14)13(5)9-6-7-12(4)8-9/h9H,6-8H2,1-5H3. The first-order chi connectivity index (χ1) is 6.79. The highest BCUT2D eigenvalue weighted by molar-refractivity contribution is 5.68. The van der Waals surface area contributed by atoms with Gasteiger partial charge in [-0.1, -0.05) is 0 Å². The van der Waals surface area contributed by atoms with Gasteiger partial charge < -0.3 is 14.5 Å². The average molecular weight is 214 g/mol. The van der Waals surface area contributed by atoms with Gasteiger partial charge in [0.05, 0.1) is 0 Å². The van der Waals surface area contributed by atoms with Crippen LogP contribution in [0.5, 0.6) is 0 Å². The Morgan fingerprint density at radius 2 is 2.07 bits per heavy atom. The number of ether oxygens (including phenoxy) is 1. The monoisotopic (exact) mass is 214 g/mol. The summed E-state index contributed by atoms with van der Waals surface area (Å²) in [5, 5.41) is 0. The molecule has 4 nitrogen and oxygen atoms in total. The molecule has 0 saturated carbocycles. The highest BCUT2D eigenvalue weighted by Crippen LogP contribution is 2.16. The number of carbonyl (C=O) groups is 1. The summed E-state index contributed by atoms with van der Waals surface area (Å²) in [4.78, 5) is 15.7. The molecule has 1 unspecified atom stereocenters. The third-order valence-electron chi connectivity index (χ3n) is 2.60. The van der Waals surface area contributed by atoms with Crippen molar-refractivity contribution >= 4 is 6.09 Å². The van der Waals surface area contributed by atoms with Crippen LogP contribution in [0.2, 0.25) is 0 Å². The van der Waals surface area contributed by atoms with E-state index in [1.54, 1.807) is 4.90 Å². The average Bonchev–Trinajstić information content (AvgIpc) is 2.47. The van der Waals surface area contributed by atoms with Crippen LogP contribution in [-0.4, -0.2) is 54.7 Å². The van der Waals surface area contributed by atoms with Crippen LogP contribution < -0.4 is 0 Å². The molecule has 0 spiro atoms. The van der Waals surface area contributed by atoms with Crippen LogP contribution in [0.25, 0.3) is 0 Å². The van der Waals surface area contributed by atoms with Crippen LogP contribution in [0.1, 0.15) is 27.2 Å². The van der Waals surface area contributed by atoms with Gasteiger partial charge in [0.2, 0.25) is 0 Å². The molecule has 1 heterocycles. The van der Waals surface area contributed by atoms with Crippen LogP contribution in [0.4, 0.5) is 4.79 Å². The third-order valence-corrected chi connectivity index (χ3v) is 2.60. The number of carbonyl (C=O) groups excluding carboxylic acids is 1. The van der Waals surface area contributed by atoms with E-state index in [1.165, 1.54) is 0 Å². The van der Waals surface area contributed by atoms with Crippen molar-refractivity contribution in [2.24, 2.45) is 0 Å². The van der Waals surface area contributed by atoms with Gasteiger partial charge in [-0.3, -0.25) is 0 Å². The number of likely N-dealkylation sites (N-methyl/N-ethyl adjacent to an activating group) is 2. The molecule has 0 aromatic carbocycles. The van der Waals surface area contributed by atoms with E-state index in [0.29, 0.717) is 6.04 Å². The fourth-order valence-electron chi connectivity index (χ4n) is 1.71. The minimum absolute atomic E-state index is 0.220. The molecule has 1 fully saturated rings. The van der Waals surface area contributed by atoms with Crippen LogP contribution >= 0.6 is 0 Å². The molecule has 0 N–H and O–H groups in total. The quantitative estimate of drug-likeness (QED) is 0.664. The maximum atomic E-state index is 11.7. The van der Waals surface area contributed by atoms with Gasteiger partial charge in [0.15, 0.2) is 0 Å². The van der Waals surface area contributed by atoms with Crippen molar-refractivity contribution in [3.63, 3.8) is 0 Å². The first-order valence-corrected chi connectivity index (χ1v) is 5.44. The molecule has 1 aliphatic rings. The lowest BCUT2D eigenvalue weighted by Crippen LogP contribution is -2.41. The van der Waals surface area contributed by atoms with Gasteiger partial charge in [-0.2, -0.15) is 0 Å². The Balaban J connectivity index is 2.46. The van der Waals surface area contributed by atoms with Gasteiger partial charge in [-0.25, -0.2) is 4.79 Å². The van der Waals surface area contributed by atoms with E-state index in [9.17, 15) is 4.79 Å². The third kappa shape index (κ3) is 3.70. The molecule has 0 aromatic rings. The Bertz CT molecular complexity index is 235. The number of hydrogen-bond donors (Lipinski definition) is 0. The second-order valence-electron chi connectivity index (χ2n) is 5.30. The lowest BCUT2D eigenvalue weighted by atomic mass is 10.2. The van der Waals surface area contributed by atoms with Crippen LogP contribution in [-0.2, 0) is 4.74 Å². The number of amides is 1. The predicted molar refractivity (Wildman–Crippen MR) is 59.9 cm³/mol. The predicted octanol–water partition coefficient (Wildman–Crippen LogP) is 1.56. The largest absolute Gasteiger partial charge is 0.444 e. The van der Waals surface area contributed by atoms with E-state index in [1.807, 2.05) is 27.8 Å². The summed E-state index contributed by atoms with van der Waals surface area (Å²) in [7, 11) is 3.89. The van der Waals surface area contributed by atoms with E-state index in [-0.39, 0.29) is 6.09 Å². The lowest BCUT2D eigenvalue weighted by molar-refractivity contribution is 0.0230. The maximum absolute atomic E-state index is 11.7. The molecule has 15 heavy (non-hydrogen) atoms. The van der Waals surface area contributed by atoms with Gasteiger partial charge in [-0.15, -0.1) is 0 Å². The molecule has 1 saturated heterocycles. The maximum Gasteiger partial charge on any atom is 0.410 e. The molecule has 0 aromatic heterocycles. The summed E-state index contributed by atoms with van der Waals surface area (Å²) in [6, 6.07) is 0.296. The van der Waals surface area contributed by atoms with E-state index in [4.69, 9.17) is 4.74 Å². The van der Waals surface area contributed by atoms with E-state index in [0.717, 1.165) is 19.5 Å². The van der Waals surface area contributed by atoms with Crippen molar-refractivity contribution in [1.29, 1.82) is 0 Å². The molecule has 88 valence electrons. The highest BCUT2D eigenvalue weighted by Gasteiger charge is 2.29. The minimum Gasteiger partial charge on any atom is -0.444 e. The Morgan fingerprint density at radius 1 is 1.47 bits per heavy atom. The second kappa shape index (κ2) is 4.39. The summed E-state index contributed by atoms with van der Waals surface area (Å²) in [5.74, 6) is 0. The zero-order chi connectivity index (χ0) is 11.6. The fourth-order valence-corrected chi connectivity index (χ4v) is 1.71. The molecule has 4 heteroatoms. The molecule has 1 aliphatic heterocycles. The van der Waals surface area contributed by atoms with Gasteiger partial charge in [0, 0.05) is 19.6 Å². The molecular formula is C11H22N2O2. The van der Waals surface area contributed by atoms with Crippen molar-refractivity contribution in [1.82, 2.24) is 9.80 Å². The summed E-state index contributed by atoms with van der Waals surface area (Å²) in [6.07, 6.45) is 0.814. The van der Waals surface area contributed by atoms with E-state index in [2.05, 4.69) is 11.9 Å². The number of nitrogens with zero attached hydrogens (tertiary/aromatic N) is 2. The molecule has 0 bridgehead atoms. The fraction of sp³-hybridized carbons (Fsp3) is 0.909. The normalized spacial score (nSPS) is 22.9. The Kier molecular flexibility index (Phi) is 3.60. The van der Waals surface area contributed by atoms with E-state index < -0.39 is 5.60 Å². The Morgan fingerprint density at radius 3 is 2.47 bits per heavy atom. The zero-order valence-corrected chi connectivity index (χ0v) is 10.4. The lowest BCUT2D eigenvalue weighted by Gasteiger charge is -2.28. The first-order valence-electron chi connectivity index (χ1n) is 5.44. The topological polar surface area (TPSA) is 32.8 Å². The summed E-state index contributed by atoms with van der Waals surface area (Å²) in [5.41, 5.74) is -0.407. The molecule has 0 radical (unpaired) electrons. The molecule has 1 rings (SSSR count). The van der Waals surface area contributed by atoms with Crippen molar-refractivity contribution < 1.29 is 9.53 Å². The van der Waals surface area contributed by atoms with Crippen molar-refractivity contribution in [3.8, 4) is 0 Å². The highest BCUT2D eigenvalue weighted by atomic mass is 16.6. The van der Waals surface area contributed by atoms with Crippen molar-refractivity contribution in [2.75, 3.05) is 27.2 Å². The smallest absolute Gasteiger partial charge is 0.410 e. The molecular weight excluding hydrogens is 192 g/mol. The SMILES string of the molecule is CN1CCC(N(C)C(=O)OC(C)(C)C)C1. The number of rotatable bonds is 1. The van der Waals surface area contributed by atoms with Crippen LogP contribution in [0, 0.1) is 0 Å². The zero-order valence-electron chi connectivity index (χ0n) is 10.4. The Labute approximate surface area is 92.2 Å². The molecule has 0 aliphatic carbocycles. The van der Waals surface area contributed by atoms with Crippen LogP contribution in [0.15, 0.2) is 0 Å². The van der Waals surface area contributed by atoms with Crippen molar-refractivity contribution in [2.45, 2.75) is 38.8 Å².